The van der Waals surface area contributed by atoms with Crippen LogP contribution in [-0.2, 0) is 35.1 Å². The van der Waals surface area contributed by atoms with Gasteiger partial charge in [-0.25, -0.2) is 4.79 Å². The summed E-state index contributed by atoms with van der Waals surface area (Å²) in [7, 11) is 0. The topological polar surface area (TPSA) is 152 Å². The van der Waals surface area contributed by atoms with Crippen molar-refractivity contribution in [2.75, 3.05) is 26.2 Å². The summed E-state index contributed by atoms with van der Waals surface area (Å²) in [4.78, 5) is 60.4. The lowest BCUT2D eigenvalue weighted by Gasteiger charge is -2.20. The fraction of sp³-hybridized carbons (Fsp3) is 0.542. The first-order valence-electron chi connectivity index (χ1n) is 11.5. The molecule has 194 valence electrons. The Morgan fingerprint density at radius 3 is 2.17 bits per heavy atom. The van der Waals surface area contributed by atoms with Crippen LogP contribution in [0.5, 0.6) is 0 Å². The highest BCUT2D eigenvalue weighted by Crippen LogP contribution is 2.06. The summed E-state index contributed by atoms with van der Waals surface area (Å²) in [6, 6.07) is 8.05. The number of esters is 1. The van der Waals surface area contributed by atoms with Crippen molar-refractivity contribution in [3.8, 4) is 0 Å². The van der Waals surface area contributed by atoms with E-state index in [1.54, 1.807) is 45.0 Å². The molecule has 0 aliphatic heterocycles. The largest absolute Gasteiger partial charge is 0.464 e. The van der Waals surface area contributed by atoms with Crippen LogP contribution in [0, 0.1) is 0 Å². The number of rotatable bonds is 13. The van der Waals surface area contributed by atoms with E-state index in [4.69, 9.17) is 9.47 Å². The zero-order valence-corrected chi connectivity index (χ0v) is 20.8. The maximum absolute atomic E-state index is 12.7. The quantitative estimate of drug-likeness (QED) is 0.235. The van der Waals surface area contributed by atoms with Gasteiger partial charge in [0.05, 0.1) is 13.2 Å². The van der Waals surface area contributed by atoms with Crippen molar-refractivity contribution >= 4 is 29.8 Å². The molecule has 0 aliphatic rings. The Bertz CT molecular complexity index is 853. The number of amides is 4. The summed E-state index contributed by atoms with van der Waals surface area (Å²) >= 11 is 0. The Morgan fingerprint density at radius 1 is 0.886 bits per heavy atom. The van der Waals surface area contributed by atoms with E-state index in [1.807, 2.05) is 13.0 Å². The van der Waals surface area contributed by atoms with Gasteiger partial charge in [-0.2, -0.15) is 0 Å². The van der Waals surface area contributed by atoms with Gasteiger partial charge in [0.1, 0.15) is 24.7 Å². The average molecular weight is 493 g/mol. The molecule has 0 aromatic heterocycles. The van der Waals surface area contributed by atoms with Crippen molar-refractivity contribution in [3.05, 3.63) is 35.9 Å². The SMILES string of the molecule is CCCCOC(=O)CNC(=O)[C@H](Cc1ccccc1)NC(=O)CNC(=O)CNC(=O)OC(C)(C)C. The standard InChI is InChI=1S/C24H36N4O7/c1-5-6-12-34-21(31)16-26-22(32)18(13-17-10-8-7-9-11-17)28-20(30)15-25-19(29)14-27-23(33)35-24(2,3)4/h7-11,18H,5-6,12-16H2,1-4H3,(H,25,29)(H,26,32)(H,27,33)(H,28,30)/t18-/m0/s1. The second kappa shape index (κ2) is 15.3. The lowest BCUT2D eigenvalue weighted by molar-refractivity contribution is -0.144. The summed E-state index contributed by atoms with van der Waals surface area (Å²) in [5.74, 6) is -2.35. The molecule has 4 amide bonds. The van der Waals surface area contributed by atoms with Crippen LogP contribution in [0.1, 0.15) is 46.1 Å². The number of benzene rings is 1. The second-order valence-electron chi connectivity index (χ2n) is 8.73. The maximum Gasteiger partial charge on any atom is 0.408 e. The minimum atomic E-state index is -0.981. The molecule has 0 heterocycles. The van der Waals surface area contributed by atoms with Crippen LogP contribution in [0.15, 0.2) is 30.3 Å². The zero-order chi connectivity index (χ0) is 26.3. The van der Waals surface area contributed by atoms with Gasteiger partial charge in [0.15, 0.2) is 0 Å². The molecule has 11 heteroatoms. The first-order valence-corrected chi connectivity index (χ1v) is 11.5. The van der Waals surface area contributed by atoms with E-state index in [1.165, 1.54) is 0 Å². The minimum Gasteiger partial charge on any atom is -0.464 e. The van der Waals surface area contributed by atoms with E-state index >= 15 is 0 Å². The summed E-state index contributed by atoms with van der Waals surface area (Å²) in [5, 5.41) is 9.68. The van der Waals surface area contributed by atoms with E-state index < -0.39 is 48.0 Å². The van der Waals surface area contributed by atoms with Crippen LogP contribution in [0.2, 0.25) is 0 Å². The molecule has 35 heavy (non-hydrogen) atoms. The number of nitrogens with one attached hydrogen (secondary N) is 4. The zero-order valence-electron chi connectivity index (χ0n) is 20.8. The van der Waals surface area contributed by atoms with Crippen molar-refractivity contribution in [2.45, 2.75) is 58.6 Å². The molecule has 0 fully saturated rings. The van der Waals surface area contributed by atoms with Crippen LogP contribution in [-0.4, -0.2) is 67.7 Å². The van der Waals surface area contributed by atoms with Crippen LogP contribution in [0.3, 0.4) is 0 Å². The Morgan fingerprint density at radius 2 is 1.54 bits per heavy atom. The number of alkyl carbamates (subject to hydrolysis) is 1. The summed E-state index contributed by atoms with van der Waals surface area (Å²) < 4.78 is 10.0. The molecular formula is C24H36N4O7. The maximum atomic E-state index is 12.7. The van der Waals surface area contributed by atoms with E-state index in [2.05, 4.69) is 21.3 Å². The fourth-order valence-corrected chi connectivity index (χ4v) is 2.68. The van der Waals surface area contributed by atoms with Gasteiger partial charge in [0.25, 0.3) is 0 Å². The predicted octanol–water partition coefficient (Wildman–Crippen LogP) is 0.814. The van der Waals surface area contributed by atoms with Crippen molar-refractivity contribution in [2.24, 2.45) is 0 Å². The first-order chi connectivity index (χ1) is 16.5. The molecule has 4 N–H and O–H groups in total. The smallest absolute Gasteiger partial charge is 0.408 e. The Labute approximate surface area is 205 Å². The third-order valence-corrected chi connectivity index (χ3v) is 4.34. The molecule has 0 unspecified atom stereocenters. The number of unbranched alkanes of at least 4 members (excludes halogenated alkanes) is 1. The number of hydrogen-bond donors (Lipinski definition) is 4. The Hall–Kier alpha value is -3.63. The van der Waals surface area contributed by atoms with Crippen LogP contribution < -0.4 is 21.3 Å². The Balaban J connectivity index is 2.58. The van der Waals surface area contributed by atoms with Crippen LogP contribution >= 0.6 is 0 Å². The molecule has 1 aromatic rings. The van der Waals surface area contributed by atoms with Gasteiger partial charge in [-0.15, -0.1) is 0 Å². The van der Waals surface area contributed by atoms with Gasteiger partial charge in [-0.3, -0.25) is 19.2 Å². The van der Waals surface area contributed by atoms with E-state index in [0.29, 0.717) is 0 Å². The van der Waals surface area contributed by atoms with Crippen molar-refractivity contribution < 1.29 is 33.4 Å². The molecule has 0 saturated heterocycles. The highest BCUT2D eigenvalue weighted by Gasteiger charge is 2.22. The lowest BCUT2D eigenvalue weighted by Crippen LogP contribution is -2.51. The summed E-state index contributed by atoms with van der Waals surface area (Å²) in [6.07, 6.45) is 1.02. The summed E-state index contributed by atoms with van der Waals surface area (Å²) in [6.45, 7) is 6.20. The minimum absolute atomic E-state index is 0.178. The number of ether oxygens (including phenoxy) is 2. The van der Waals surface area contributed by atoms with Gasteiger partial charge in [0, 0.05) is 6.42 Å². The lowest BCUT2D eigenvalue weighted by atomic mass is 10.1. The van der Waals surface area contributed by atoms with Crippen molar-refractivity contribution in [1.29, 1.82) is 0 Å². The van der Waals surface area contributed by atoms with Gasteiger partial charge >= 0.3 is 12.1 Å². The highest BCUT2D eigenvalue weighted by atomic mass is 16.6. The molecule has 1 aromatic carbocycles. The highest BCUT2D eigenvalue weighted by molar-refractivity contribution is 5.92. The van der Waals surface area contributed by atoms with E-state index in [9.17, 15) is 24.0 Å². The molecular weight excluding hydrogens is 456 g/mol. The molecule has 1 rings (SSSR count). The summed E-state index contributed by atoms with van der Waals surface area (Å²) in [5.41, 5.74) is 0.0881. The van der Waals surface area contributed by atoms with Crippen molar-refractivity contribution in [3.63, 3.8) is 0 Å². The third kappa shape index (κ3) is 14.3. The van der Waals surface area contributed by atoms with Gasteiger partial charge in [-0.1, -0.05) is 43.7 Å². The predicted molar refractivity (Wildman–Crippen MR) is 128 cm³/mol. The molecule has 11 nitrogen and oxygen atoms in total. The monoisotopic (exact) mass is 492 g/mol. The molecule has 0 aliphatic carbocycles. The van der Waals surface area contributed by atoms with E-state index in [-0.39, 0.29) is 26.1 Å². The first kappa shape index (κ1) is 29.4. The van der Waals surface area contributed by atoms with Gasteiger partial charge < -0.3 is 30.7 Å². The second-order valence-corrected chi connectivity index (χ2v) is 8.73. The van der Waals surface area contributed by atoms with E-state index in [0.717, 1.165) is 18.4 Å². The number of carbonyl (C=O) groups excluding carboxylic acids is 5. The average Bonchev–Trinajstić information content (AvgIpc) is 2.79. The van der Waals surface area contributed by atoms with Gasteiger partial charge in [-0.05, 0) is 32.8 Å². The number of hydrogen-bond acceptors (Lipinski definition) is 7. The number of carbonyl (C=O) groups is 5. The van der Waals surface area contributed by atoms with Gasteiger partial charge in [0.2, 0.25) is 17.7 Å². The van der Waals surface area contributed by atoms with Crippen LogP contribution in [0.25, 0.3) is 0 Å². The molecule has 0 spiro atoms. The normalized spacial score (nSPS) is 11.5. The van der Waals surface area contributed by atoms with Crippen molar-refractivity contribution in [1.82, 2.24) is 21.3 Å². The Kier molecular flexibility index (Phi) is 12.9. The van der Waals surface area contributed by atoms with Crippen LogP contribution in [0.4, 0.5) is 4.79 Å². The molecule has 0 bridgehead atoms. The fourth-order valence-electron chi connectivity index (χ4n) is 2.68. The third-order valence-electron chi connectivity index (χ3n) is 4.34. The molecule has 0 radical (unpaired) electrons. The molecule has 0 saturated carbocycles. The molecule has 1 atom stereocenters.